The van der Waals surface area contributed by atoms with Crippen LogP contribution >= 0.6 is 0 Å². The molecule has 0 saturated heterocycles. The van der Waals surface area contributed by atoms with Crippen molar-refractivity contribution in [3.05, 3.63) is 10.1 Å². The predicted octanol–water partition coefficient (Wildman–Crippen LogP) is 2.15. The first kappa shape index (κ1) is 13.1. The molecule has 0 heterocycles. The zero-order valence-electron chi connectivity index (χ0n) is 9.10. The Morgan fingerprint density at radius 3 is 2.29 bits per heavy atom. The summed E-state index contributed by atoms with van der Waals surface area (Å²) in [6, 6.07) is 0. The van der Waals surface area contributed by atoms with Crippen LogP contribution in [0.15, 0.2) is 0 Å². The average molecular weight is 201 g/mol. The molecular weight excluding hydrogens is 182 g/mol. The van der Waals surface area contributed by atoms with Crippen molar-refractivity contribution >= 4 is 6.29 Å². The number of carbonyl (C=O) groups is 1. The van der Waals surface area contributed by atoms with E-state index in [0.29, 0.717) is 12.3 Å². The summed E-state index contributed by atoms with van der Waals surface area (Å²) in [5, 5.41) is 10.4. The molecule has 0 unspecified atom stereocenters. The molecule has 0 rings (SSSR count). The lowest BCUT2D eigenvalue weighted by Crippen LogP contribution is -2.25. The largest absolute Gasteiger partial charge is 0.303 e. The topological polar surface area (TPSA) is 60.2 Å². The van der Waals surface area contributed by atoms with Crippen LogP contribution in [0.5, 0.6) is 0 Å². The van der Waals surface area contributed by atoms with E-state index in [2.05, 4.69) is 0 Å². The van der Waals surface area contributed by atoms with Crippen LogP contribution in [0.4, 0.5) is 0 Å². The summed E-state index contributed by atoms with van der Waals surface area (Å²) in [6.45, 7) is 5.84. The van der Waals surface area contributed by atoms with Crippen LogP contribution in [0.25, 0.3) is 0 Å². The first-order valence-corrected chi connectivity index (χ1v) is 5.08. The second-order valence-electron chi connectivity index (χ2n) is 4.11. The minimum atomic E-state index is -0.320. The van der Waals surface area contributed by atoms with Crippen molar-refractivity contribution in [2.24, 2.45) is 17.8 Å². The smallest absolute Gasteiger partial charge is 0.207 e. The van der Waals surface area contributed by atoms with Crippen molar-refractivity contribution < 1.29 is 9.72 Å². The minimum absolute atomic E-state index is 0.0879. The summed E-state index contributed by atoms with van der Waals surface area (Å²) in [5.74, 6) is 0.129. The van der Waals surface area contributed by atoms with Gasteiger partial charge < -0.3 is 4.79 Å². The van der Waals surface area contributed by atoms with E-state index in [0.717, 1.165) is 12.7 Å². The summed E-state index contributed by atoms with van der Waals surface area (Å²) in [6.07, 6.45) is 2.30. The average Bonchev–Trinajstić information content (AvgIpc) is 2.03. The zero-order chi connectivity index (χ0) is 11.1. The number of carbonyl (C=O) groups excluding carboxylic acids is 1. The fourth-order valence-electron chi connectivity index (χ4n) is 1.72. The molecule has 0 aromatic heterocycles. The maximum absolute atomic E-state index is 10.7. The number of hydrogen-bond acceptors (Lipinski definition) is 3. The van der Waals surface area contributed by atoms with E-state index >= 15 is 0 Å². The van der Waals surface area contributed by atoms with Gasteiger partial charge in [0, 0.05) is 16.8 Å². The normalized spacial score (nSPS) is 15.1. The van der Waals surface area contributed by atoms with E-state index in [9.17, 15) is 14.9 Å². The highest BCUT2D eigenvalue weighted by Gasteiger charge is 2.25. The molecule has 0 aliphatic rings. The summed E-state index contributed by atoms with van der Waals surface area (Å²) < 4.78 is 0. The molecule has 0 aromatic rings. The first-order chi connectivity index (χ1) is 6.51. The Hall–Kier alpha value is -0.930. The van der Waals surface area contributed by atoms with Crippen LogP contribution in [0.1, 0.15) is 33.6 Å². The zero-order valence-corrected chi connectivity index (χ0v) is 9.10. The third kappa shape index (κ3) is 4.94. The van der Waals surface area contributed by atoms with Crippen molar-refractivity contribution in [1.82, 2.24) is 0 Å². The highest BCUT2D eigenvalue weighted by atomic mass is 16.6. The highest BCUT2D eigenvalue weighted by Crippen LogP contribution is 2.22. The van der Waals surface area contributed by atoms with E-state index < -0.39 is 0 Å². The summed E-state index contributed by atoms with van der Waals surface area (Å²) >= 11 is 0. The Bertz CT molecular complexity index is 192. The van der Waals surface area contributed by atoms with Gasteiger partial charge in [0.15, 0.2) is 0 Å². The summed E-state index contributed by atoms with van der Waals surface area (Å²) in [7, 11) is 0. The van der Waals surface area contributed by atoms with Gasteiger partial charge in [0.25, 0.3) is 0 Å². The van der Waals surface area contributed by atoms with Gasteiger partial charge in [-0.25, -0.2) is 0 Å². The number of nitro groups is 1. The highest BCUT2D eigenvalue weighted by molar-refractivity contribution is 5.53. The third-order valence-corrected chi connectivity index (χ3v) is 2.41. The predicted molar refractivity (Wildman–Crippen MR) is 54.7 cm³/mol. The van der Waals surface area contributed by atoms with E-state index in [-0.39, 0.29) is 23.3 Å². The van der Waals surface area contributed by atoms with Gasteiger partial charge in [-0.05, 0) is 18.8 Å². The van der Waals surface area contributed by atoms with Crippen molar-refractivity contribution in [2.75, 3.05) is 6.54 Å². The molecule has 0 fully saturated rings. The van der Waals surface area contributed by atoms with Crippen molar-refractivity contribution in [1.29, 1.82) is 0 Å². The molecule has 0 radical (unpaired) electrons. The molecule has 4 heteroatoms. The molecule has 14 heavy (non-hydrogen) atoms. The van der Waals surface area contributed by atoms with Crippen LogP contribution in [-0.2, 0) is 4.79 Å². The maximum Gasteiger partial charge on any atom is 0.207 e. The number of rotatable bonds is 7. The minimum Gasteiger partial charge on any atom is -0.303 e. The Labute approximate surface area is 84.8 Å². The molecule has 4 nitrogen and oxygen atoms in total. The Morgan fingerprint density at radius 1 is 1.43 bits per heavy atom. The molecule has 0 bridgehead atoms. The number of aldehydes is 1. The second kappa shape index (κ2) is 6.51. The van der Waals surface area contributed by atoms with Gasteiger partial charge in [0.2, 0.25) is 6.54 Å². The lowest BCUT2D eigenvalue weighted by atomic mass is 9.85. The Morgan fingerprint density at radius 2 is 2.00 bits per heavy atom. The van der Waals surface area contributed by atoms with Gasteiger partial charge >= 0.3 is 0 Å². The van der Waals surface area contributed by atoms with E-state index in [1.54, 1.807) is 0 Å². The lowest BCUT2D eigenvalue weighted by molar-refractivity contribution is -0.489. The molecular formula is C10H19NO3. The summed E-state index contributed by atoms with van der Waals surface area (Å²) in [5.41, 5.74) is 0. The molecule has 0 aliphatic carbocycles. The van der Waals surface area contributed by atoms with Crippen LogP contribution in [0.3, 0.4) is 0 Å². The van der Waals surface area contributed by atoms with Gasteiger partial charge in [-0.2, -0.15) is 0 Å². The Balaban J connectivity index is 4.35. The first-order valence-electron chi connectivity index (χ1n) is 5.08. The van der Waals surface area contributed by atoms with E-state index in [1.165, 1.54) is 0 Å². The number of hydrogen-bond donors (Lipinski definition) is 0. The van der Waals surface area contributed by atoms with E-state index in [4.69, 9.17) is 0 Å². The van der Waals surface area contributed by atoms with Crippen LogP contribution in [0, 0.1) is 27.9 Å². The Kier molecular flexibility index (Phi) is 6.08. The number of nitrogens with zero attached hydrogens (tertiary/aromatic N) is 1. The second-order valence-corrected chi connectivity index (χ2v) is 4.11. The quantitative estimate of drug-likeness (QED) is 0.360. The van der Waals surface area contributed by atoms with Gasteiger partial charge in [-0.15, -0.1) is 0 Å². The van der Waals surface area contributed by atoms with Crippen LogP contribution in [-0.4, -0.2) is 17.8 Å². The van der Waals surface area contributed by atoms with Crippen LogP contribution in [0.2, 0.25) is 0 Å². The van der Waals surface area contributed by atoms with Crippen molar-refractivity contribution in [2.45, 2.75) is 33.6 Å². The van der Waals surface area contributed by atoms with Gasteiger partial charge in [-0.1, -0.05) is 20.8 Å². The third-order valence-electron chi connectivity index (χ3n) is 2.41. The maximum atomic E-state index is 10.7. The standard InChI is InChI=1S/C10H19NO3/c1-4-9(7-12)10(5-8(2)3)6-11(13)14/h7-10H,4-6H2,1-3H3/t9-,10-/m1/s1. The molecule has 82 valence electrons. The van der Waals surface area contributed by atoms with E-state index in [1.807, 2.05) is 20.8 Å². The van der Waals surface area contributed by atoms with Gasteiger partial charge in [0.1, 0.15) is 6.29 Å². The molecule has 0 amide bonds. The monoisotopic (exact) mass is 201 g/mol. The summed E-state index contributed by atoms with van der Waals surface area (Å²) in [4.78, 5) is 20.8. The van der Waals surface area contributed by atoms with Crippen molar-refractivity contribution in [3.8, 4) is 0 Å². The molecule has 0 spiro atoms. The molecule has 2 atom stereocenters. The molecule has 0 aromatic carbocycles. The fourth-order valence-corrected chi connectivity index (χ4v) is 1.72. The molecule has 0 saturated carbocycles. The lowest BCUT2D eigenvalue weighted by Gasteiger charge is -2.19. The fraction of sp³-hybridized carbons (Fsp3) is 0.900. The van der Waals surface area contributed by atoms with Crippen LogP contribution < -0.4 is 0 Å². The molecule has 0 aliphatic heterocycles. The van der Waals surface area contributed by atoms with Gasteiger partial charge in [0.05, 0.1) is 0 Å². The molecule has 0 N–H and O–H groups in total. The van der Waals surface area contributed by atoms with Gasteiger partial charge in [-0.3, -0.25) is 10.1 Å². The SMILES string of the molecule is CC[C@H](C=O)[C@H](CC(C)C)C[N+](=O)[O-]. The van der Waals surface area contributed by atoms with Crippen molar-refractivity contribution in [3.63, 3.8) is 0 Å².